The van der Waals surface area contributed by atoms with E-state index < -0.39 is 0 Å². The third kappa shape index (κ3) is 3.54. The first-order valence-corrected chi connectivity index (χ1v) is 9.13. The molecule has 28 heavy (non-hydrogen) atoms. The first-order chi connectivity index (χ1) is 13.6. The zero-order valence-corrected chi connectivity index (χ0v) is 15.5. The lowest BCUT2D eigenvalue weighted by Crippen LogP contribution is -2.35. The van der Waals surface area contributed by atoms with E-state index >= 15 is 0 Å². The summed E-state index contributed by atoms with van der Waals surface area (Å²) in [6.07, 6.45) is 1.88. The van der Waals surface area contributed by atoms with Crippen LogP contribution in [-0.4, -0.2) is 24.5 Å². The van der Waals surface area contributed by atoms with Crippen molar-refractivity contribution >= 4 is 12.0 Å². The van der Waals surface area contributed by atoms with Crippen molar-refractivity contribution in [2.75, 3.05) is 13.7 Å². The summed E-state index contributed by atoms with van der Waals surface area (Å²) < 4.78 is 19.2. The van der Waals surface area contributed by atoms with Gasteiger partial charge in [0.25, 0.3) is 5.91 Å². The van der Waals surface area contributed by atoms with Crippen molar-refractivity contribution in [1.29, 1.82) is 0 Å². The van der Waals surface area contributed by atoms with Gasteiger partial charge in [0.1, 0.15) is 18.2 Å². The highest BCUT2D eigenvalue weighted by molar-refractivity contribution is 5.99. The fraction of sp³-hybridized carbons (Fsp3) is 0.125. The molecule has 0 saturated carbocycles. The van der Waals surface area contributed by atoms with Gasteiger partial charge in [0.15, 0.2) is 0 Å². The highest BCUT2D eigenvalue weighted by Crippen LogP contribution is 2.31. The lowest BCUT2D eigenvalue weighted by molar-refractivity contribution is -0.127. The topological polar surface area (TPSA) is 29.5 Å². The summed E-state index contributed by atoms with van der Waals surface area (Å²) in [4.78, 5) is 15.0. The maximum atomic E-state index is 13.4. The van der Waals surface area contributed by atoms with Gasteiger partial charge in [0.05, 0.1) is 11.6 Å². The van der Waals surface area contributed by atoms with Crippen molar-refractivity contribution < 1.29 is 13.9 Å². The molecule has 0 spiro atoms. The van der Waals surface area contributed by atoms with Gasteiger partial charge in [0, 0.05) is 12.6 Å². The van der Waals surface area contributed by atoms with Crippen molar-refractivity contribution in [3.63, 3.8) is 0 Å². The molecule has 0 N–H and O–H groups in total. The molecule has 1 amide bonds. The molecule has 0 aromatic heterocycles. The van der Waals surface area contributed by atoms with Gasteiger partial charge in [-0.15, -0.1) is 0 Å². The number of likely N-dealkylation sites (N-methyl/N-ethyl adjacent to an activating group) is 1. The molecule has 3 aromatic carbocycles. The number of ether oxygens (including phenoxy) is 1. The highest BCUT2D eigenvalue weighted by atomic mass is 19.1. The van der Waals surface area contributed by atoms with Crippen LogP contribution in [0, 0.1) is 5.82 Å². The highest BCUT2D eigenvalue weighted by Gasteiger charge is 2.27. The molecule has 1 heterocycles. The summed E-state index contributed by atoms with van der Waals surface area (Å²) in [7, 11) is 1.77. The van der Waals surface area contributed by atoms with Gasteiger partial charge in [-0.05, 0) is 35.4 Å². The minimum atomic E-state index is -0.327. The molecule has 0 fully saturated rings. The van der Waals surface area contributed by atoms with E-state index in [1.165, 1.54) is 12.1 Å². The van der Waals surface area contributed by atoms with Crippen LogP contribution in [0.3, 0.4) is 0 Å². The molecule has 0 aliphatic carbocycles. The number of amides is 1. The van der Waals surface area contributed by atoms with E-state index in [0.29, 0.717) is 5.57 Å². The number of para-hydroxylation sites is 1. The Hall–Kier alpha value is -3.40. The lowest BCUT2D eigenvalue weighted by atomic mass is 9.96. The zero-order valence-electron chi connectivity index (χ0n) is 15.5. The third-order valence-corrected chi connectivity index (χ3v) is 4.92. The Balaban J connectivity index is 1.70. The molecular weight excluding hydrogens is 353 g/mol. The van der Waals surface area contributed by atoms with Gasteiger partial charge in [-0.25, -0.2) is 4.39 Å². The quantitative estimate of drug-likeness (QED) is 0.654. The van der Waals surface area contributed by atoms with Gasteiger partial charge in [-0.1, -0.05) is 60.7 Å². The van der Waals surface area contributed by atoms with E-state index in [4.69, 9.17) is 4.74 Å². The summed E-state index contributed by atoms with van der Waals surface area (Å²) in [5.74, 6) is 0.358. The minimum absolute atomic E-state index is 0.118. The molecular formula is C24H20FNO2. The van der Waals surface area contributed by atoms with Crippen molar-refractivity contribution in [3.05, 3.63) is 107 Å². The van der Waals surface area contributed by atoms with Crippen LogP contribution in [0.15, 0.2) is 84.4 Å². The molecule has 140 valence electrons. The molecule has 1 aliphatic rings. The second-order valence-electron chi connectivity index (χ2n) is 6.78. The van der Waals surface area contributed by atoms with Crippen molar-refractivity contribution in [2.24, 2.45) is 0 Å². The smallest absolute Gasteiger partial charge is 0.253 e. The van der Waals surface area contributed by atoms with Crippen LogP contribution in [0.1, 0.15) is 22.7 Å². The van der Waals surface area contributed by atoms with Crippen molar-refractivity contribution in [2.45, 2.75) is 6.04 Å². The van der Waals surface area contributed by atoms with E-state index in [0.717, 1.165) is 22.4 Å². The van der Waals surface area contributed by atoms with Crippen LogP contribution in [0.5, 0.6) is 5.75 Å². The van der Waals surface area contributed by atoms with Gasteiger partial charge < -0.3 is 9.64 Å². The molecule has 0 saturated heterocycles. The number of halogens is 1. The van der Waals surface area contributed by atoms with E-state index in [2.05, 4.69) is 0 Å². The normalized spacial score (nSPS) is 13.7. The molecule has 4 heteroatoms. The summed E-state index contributed by atoms with van der Waals surface area (Å²) in [5.41, 5.74) is 3.29. The summed E-state index contributed by atoms with van der Waals surface area (Å²) >= 11 is 0. The number of rotatable bonds is 4. The fourth-order valence-corrected chi connectivity index (χ4v) is 3.50. The average Bonchev–Trinajstić information content (AvgIpc) is 2.75. The largest absolute Gasteiger partial charge is 0.488 e. The number of hydrogen-bond donors (Lipinski definition) is 0. The summed E-state index contributed by atoms with van der Waals surface area (Å²) in [5, 5.41) is 0. The predicted molar refractivity (Wildman–Crippen MR) is 107 cm³/mol. The second-order valence-corrected chi connectivity index (χ2v) is 6.78. The van der Waals surface area contributed by atoms with Gasteiger partial charge in [-0.2, -0.15) is 0 Å². The average molecular weight is 373 g/mol. The third-order valence-electron chi connectivity index (χ3n) is 4.92. The first-order valence-electron chi connectivity index (χ1n) is 9.13. The number of nitrogens with zero attached hydrogens (tertiary/aromatic N) is 1. The van der Waals surface area contributed by atoms with Gasteiger partial charge in [0.2, 0.25) is 0 Å². The number of hydrogen-bond acceptors (Lipinski definition) is 2. The van der Waals surface area contributed by atoms with E-state index in [1.807, 2.05) is 60.7 Å². The van der Waals surface area contributed by atoms with E-state index in [9.17, 15) is 9.18 Å². The standard InChI is InChI=1S/C24H20FNO2/c1-26(24(27)20-15-19-9-5-6-10-22(19)28-16-20)23(17-7-3-2-4-8-17)18-11-13-21(25)14-12-18/h2-15,23H,16H2,1H3. The number of carbonyl (C=O) groups is 1. The van der Waals surface area contributed by atoms with Gasteiger partial charge >= 0.3 is 0 Å². The molecule has 3 aromatic rings. The number of fused-ring (bicyclic) bond motifs is 1. The van der Waals surface area contributed by atoms with Crippen LogP contribution in [0.4, 0.5) is 4.39 Å². The molecule has 0 radical (unpaired) electrons. The Morgan fingerprint density at radius 1 is 0.929 bits per heavy atom. The van der Waals surface area contributed by atoms with E-state index in [1.54, 1.807) is 24.1 Å². The Morgan fingerprint density at radius 2 is 1.57 bits per heavy atom. The van der Waals surface area contributed by atoms with E-state index in [-0.39, 0.29) is 24.4 Å². The van der Waals surface area contributed by atoms with Crippen LogP contribution in [-0.2, 0) is 4.79 Å². The molecule has 1 atom stereocenters. The molecule has 1 aliphatic heterocycles. The molecule has 0 bridgehead atoms. The Bertz CT molecular complexity index is 1010. The minimum Gasteiger partial charge on any atom is -0.488 e. The predicted octanol–water partition coefficient (Wildman–Crippen LogP) is 4.85. The lowest BCUT2D eigenvalue weighted by Gasteiger charge is -2.31. The SMILES string of the molecule is CN(C(=O)C1=Cc2ccccc2OC1)C(c1ccccc1)c1ccc(F)cc1. The maximum Gasteiger partial charge on any atom is 0.253 e. The van der Waals surface area contributed by atoms with Crippen LogP contribution >= 0.6 is 0 Å². The zero-order chi connectivity index (χ0) is 19.5. The molecule has 3 nitrogen and oxygen atoms in total. The summed E-state index contributed by atoms with van der Waals surface area (Å²) in [6.45, 7) is 0.227. The van der Waals surface area contributed by atoms with Crippen LogP contribution < -0.4 is 4.74 Å². The molecule has 1 unspecified atom stereocenters. The molecule has 4 rings (SSSR count). The fourth-order valence-electron chi connectivity index (χ4n) is 3.50. The van der Waals surface area contributed by atoms with Crippen molar-refractivity contribution in [1.82, 2.24) is 4.90 Å². The van der Waals surface area contributed by atoms with Crippen LogP contribution in [0.25, 0.3) is 6.08 Å². The summed E-state index contributed by atoms with van der Waals surface area (Å²) in [6, 6.07) is 23.3. The first kappa shape index (κ1) is 18.0. The second kappa shape index (κ2) is 7.69. The Morgan fingerprint density at radius 3 is 2.32 bits per heavy atom. The Labute approximate surface area is 163 Å². The van der Waals surface area contributed by atoms with Crippen molar-refractivity contribution in [3.8, 4) is 5.75 Å². The Kier molecular flexibility index (Phi) is 4.94. The number of benzene rings is 3. The van der Waals surface area contributed by atoms with Gasteiger partial charge in [-0.3, -0.25) is 4.79 Å². The monoisotopic (exact) mass is 373 g/mol. The number of carbonyl (C=O) groups excluding carboxylic acids is 1. The maximum absolute atomic E-state index is 13.4. The van der Waals surface area contributed by atoms with Crippen LogP contribution in [0.2, 0.25) is 0 Å².